The van der Waals surface area contributed by atoms with E-state index in [0.717, 1.165) is 0 Å². The van der Waals surface area contributed by atoms with E-state index in [4.69, 9.17) is 19.6 Å². The van der Waals surface area contributed by atoms with E-state index in [9.17, 15) is 95.2 Å². The van der Waals surface area contributed by atoms with Crippen LogP contribution in [0.1, 0.15) is 0 Å². The molecule has 0 aliphatic heterocycles. The van der Waals surface area contributed by atoms with Crippen molar-refractivity contribution in [2.75, 3.05) is 12.3 Å². The summed E-state index contributed by atoms with van der Waals surface area (Å²) in [5, 5.41) is 0. The molecule has 3 radical (unpaired) electrons. The first kappa shape index (κ1) is 44.4. The minimum atomic E-state index is -6.91. The second-order valence-electron chi connectivity index (χ2n) is 8.33. The Morgan fingerprint density at radius 2 is 0.488 bits per heavy atom. The average Bonchev–Trinajstić information content (AvgIpc) is 2.54. The fraction of sp³-hybridized carbons (Fsp3) is 1.00. The van der Waals surface area contributed by atoms with Crippen LogP contribution in [0.4, 0.5) is 0 Å². The van der Waals surface area contributed by atoms with Crippen molar-refractivity contribution in [2.24, 2.45) is 0 Å². The first-order valence-corrected chi connectivity index (χ1v) is 23.0. The third-order valence-electron chi connectivity index (χ3n) is 5.11. The van der Waals surface area contributed by atoms with E-state index in [2.05, 4.69) is 0 Å². The van der Waals surface area contributed by atoms with Crippen LogP contribution in [-0.2, 0) is 36.5 Å². The van der Waals surface area contributed by atoms with Gasteiger partial charge in [0.05, 0.1) is 46.3 Å². The number of hydrogen-bond donors (Lipinski definition) is 16. The fourth-order valence-electron chi connectivity index (χ4n) is 3.82. The summed E-state index contributed by atoms with van der Waals surface area (Å²) in [5.74, 6) is 0. The Labute approximate surface area is 230 Å². The van der Waals surface area contributed by atoms with Crippen molar-refractivity contribution in [3.8, 4) is 0 Å². The Morgan fingerprint density at radius 1 is 0.317 bits per heavy atom. The zero-order valence-corrected chi connectivity index (χ0v) is 26.6. The minimum Gasteiger partial charge on any atom is -0.324 e. The van der Waals surface area contributed by atoms with E-state index < -0.39 is 107 Å². The van der Waals surface area contributed by atoms with E-state index in [1.165, 1.54) is 0 Å². The molecular formula is C8H26BO24P8. The van der Waals surface area contributed by atoms with Gasteiger partial charge in [-0.25, -0.2) is 0 Å². The maximum atomic E-state index is 12.5. The van der Waals surface area contributed by atoms with Gasteiger partial charge in [-0.15, -0.1) is 0 Å². The minimum absolute atomic E-state index is 0. The Balaban J connectivity index is 0. The molecule has 33 heteroatoms. The smallest absolute Gasteiger partial charge is 0.324 e. The quantitative estimate of drug-likeness (QED) is 0.0562. The molecule has 0 bridgehead atoms. The monoisotopic (exact) mass is 765 g/mol. The highest BCUT2D eigenvalue weighted by Gasteiger charge is 2.67. The van der Waals surface area contributed by atoms with Crippen LogP contribution in [0.25, 0.3) is 0 Å². The van der Waals surface area contributed by atoms with Gasteiger partial charge in [0, 0.05) is 8.41 Å². The Hall–Kier alpha value is 1.26. The van der Waals surface area contributed by atoms with Gasteiger partial charge < -0.3 is 78.3 Å². The van der Waals surface area contributed by atoms with Crippen LogP contribution >= 0.6 is 60.8 Å². The van der Waals surface area contributed by atoms with Gasteiger partial charge in [-0.1, -0.05) is 0 Å². The summed E-state index contributed by atoms with van der Waals surface area (Å²) in [6.45, 7) is 0. The molecule has 0 heterocycles. The number of hydrogen-bond acceptors (Lipinski definition) is 8. The Kier molecular flexibility index (Phi) is 15.1. The molecule has 6 atom stereocenters. The van der Waals surface area contributed by atoms with Crippen molar-refractivity contribution < 1.29 is 115 Å². The molecular weight excluding hydrogens is 739 g/mol. The summed E-state index contributed by atoms with van der Waals surface area (Å²) in [6.07, 6.45) is -4.77. The van der Waals surface area contributed by atoms with Crippen LogP contribution in [0, 0.1) is 0 Å². The zero-order chi connectivity index (χ0) is 32.9. The van der Waals surface area contributed by atoms with E-state index in [0.29, 0.717) is 0 Å². The standard InChI is InChI=1S/C8H26O24P8.B/c9-33(10,11)1-3(35(15,16)17)5(37(21,22)23)7(39(27,28)29)8(40(30,31)32)6(38(24,25)26)4(36(18,19)20)2-34(12,13)14;/h3-8H,1-2H2,(H2,9,10,11)(H2,12,13,14)(H2,15,16,17)(H2,18,19,20)(H2,21,22,23)(H2,24,25,26)(H2,27,28,29)(H2,30,31,32);. The summed E-state index contributed by atoms with van der Waals surface area (Å²) < 4.78 is 96.6. The molecule has 6 unspecified atom stereocenters. The first-order valence-electron chi connectivity index (χ1n) is 9.33. The molecule has 41 heavy (non-hydrogen) atoms. The van der Waals surface area contributed by atoms with Gasteiger partial charge in [-0.05, 0) is 0 Å². The number of rotatable bonds is 15. The van der Waals surface area contributed by atoms with E-state index >= 15 is 0 Å². The zero-order valence-electron chi connectivity index (χ0n) is 19.5. The summed E-state index contributed by atoms with van der Waals surface area (Å²) in [6, 6.07) is 0. The van der Waals surface area contributed by atoms with E-state index in [1.807, 2.05) is 0 Å². The predicted molar refractivity (Wildman–Crippen MR) is 135 cm³/mol. The molecule has 0 aliphatic carbocycles. The summed E-state index contributed by atoms with van der Waals surface area (Å²) in [5.41, 5.74) is -23.8. The van der Waals surface area contributed by atoms with Crippen molar-refractivity contribution in [3.63, 3.8) is 0 Å². The molecule has 0 amide bonds. The van der Waals surface area contributed by atoms with Crippen molar-refractivity contribution in [2.45, 2.75) is 34.0 Å². The third kappa shape index (κ3) is 14.1. The lowest BCUT2D eigenvalue weighted by molar-refractivity contribution is 0.279. The topological polar surface area (TPSA) is 460 Å². The summed E-state index contributed by atoms with van der Waals surface area (Å²) >= 11 is 0. The van der Waals surface area contributed by atoms with E-state index in [1.54, 1.807) is 0 Å². The fourth-order valence-corrected chi connectivity index (χ4v) is 20.1. The Bertz CT molecular complexity index is 1190. The van der Waals surface area contributed by atoms with Crippen LogP contribution in [0.2, 0.25) is 0 Å². The van der Waals surface area contributed by atoms with Crippen LogP contribution in [0.15, 0.2) is 0 Å². The maximum Gasteiger partial charge on any atom is 0.330 e. The van der Waals surface area contributed by atoms with Gasteiger partial charge in [0.15, 0.2) is 0 Å². The van der Waals surface area contributed by atoms with E-state index in [-0.39, 0.29) is 8.41 Å². The average molecular weight is 765 g/mol. The molecule has 0 aromatic carbocycles. The van der Waals surface area contributed by atoms with Gasteiger partial charge in [-0.3, -0.25) is 36.5 Å². The van der Waals surface area contributed by atoms with Gasteiger partial charge >= 0.3 is 60.8 Å². The van der Waals surface area contributed by atoms with Crippen molar-refractivity contribution in [1.82, 2.24) is 0 Å². The van der Waals surface area contributed by atoms with Gasteiger partial charge in [-0.2, -0.15) is 0 Å². The third-order valence-corrected chi connectivity index (χ3v) is 17.1. The first-order chi connectivity index (χ1) is 16.9. The second-order valence-corrected chi connectivity index (χ2v) is 22.5. The SMILES string of the molecule is O=P(O)(O)CC(C(C(C(C(C(CP(=O)(O)O)P(=O)(O)O)P(=O)(O)O)P(=O)(O)O)P(=O)(O)O)P(=O)(O)O)P(=O)(O)O.[B]. The van der Waals surface area contributed by atoms with Crippen LogP contribution < -0.4 is 0 Å². The molecule has 0 aromatic rings. The van der Waals surface area contributed by atoms with Crippen LogP contribution in [-0.4, -0.2) is 133 Å². The molecule has 16 N–H and O–H groups in total. The molecule has 0 aliphatic rings. The lowest BCUT2D eigenvalue weighted by Crippen LogP contribution is -2.52. The van der Waals surface area contributed by atoms with Gasteiger partial charge in [0.25, 0.3) is 0 Å². The molecule has 0 rings (SSSR count). The van der Waals surface area contributed by atoms with Gasteiger partial charge in [0.2, 0.25) is 0 Å². The van der Waals surface area contributed by atoms with Gasteiger partial charge in [0.1, 0.15) is 0 Å². The highest BCUT2D eigenvalue weighted by atomic mass is 31.2. The predicted octanol–water partition coefficient (Wildman–Crippen LogP) is -3.76. The molecule has 24 nitrogen and oxygen atoms in total. The van der Waals surface area contributed by atoms with Crippen LogP contribution in [0.3, 0.4) is 0 Å². The van der Waals surface area contributed by atoms with Crippen molar-refractivity contribution in [1.29, 1.82) is 0 Å². The lowest BCUT2D eigenvalue weighted by atomic mass is 10.1. The highest BCUT2D eigenvalue weighted by Crippen LogP contribution is 2.72. The molecule has 245 valence electrons. The maximum absolute atomic E-state index is 12.5. The summed E-state index contributed by atoms with van der Waals surface area (Å²) in [7, 11) is -52.1. The van der Waals surface area contributed by atoms with Crippen molar-refractivity contribution in [3.05, 3.63) is 0 Å². The normalized spacial score (nSPS) is 19.4. The lowest BCUT2D eigenvalue weighted by Gasteiger charge is -2.42. The summed E-state index contributed by atoms with van der Waals surface area (Å²) in [4.78, 5) is 153. The molecule has 0 fully saturated rings. The Morgan fingerprint density at radius 3 is 0.585 bits per heavy atom. The highest BCUT2D eigenvalue weighted by molar-refractivity contribution is 7.64. The molecule has 0 spiro atoms. The second kappa shape index (κ2) is 13.9. The molecule has 0 saturated heterocycles. The van der Waals surface area contributed by atoms with Crippen LogP contribution in [0.5, 0.6) is 0 Å². The molecule has 0 aromatic heterocycles. The van der Waals surface area contributed by atoms with Crippen molar-refractivity contribution >= 4 is 69.2 Å². The molecule has 0 saturated carbocycles. The largest absolute Gasteiger partial charge is 0.330 e.